The average Bonchev–Trinajstić information content (AvgIpc) is 3.44. The number of hydrogen-bond acceptors (Lipinski definition) is 7. The number of ketones is 1. The van der Waals surface area contributed by atoms with Crippen molar-refractivity contribution in [1.82, 2.24) is 15.5 Å². The van der Waals surface area contributed by atoms with Crippen LogP contribution in [0.3, 0.4) is 0 Å². The van der Waals surface area contributed by atoms with Crippen molar-refractivity contribution in [2.75, 3.05) is 13.1 Å². The van der Waals surface area contributed by atoms with Gasteiger partial charge in [0.25, 0.3) is 0 Å². The molecule has 34 heavy (non-hydrogen) atoms. The topological polar surface area (TPSA) is 142 Å². The zero-order valence-corrected chi connectivity index (χ0v) is 20.9. The number of carbonyl (C=O) groups is 4. The summed E-state index contributed by atoms with van der Waals surface area (Å²) in [6, 6.07) is 0.0518. The molecule has 10 heteroatoms. The van der Waals surface area contributed by atoms with Crippen LogP contribution in [-0.2, 0) is 19.2 Å². The highest BCUT2D eigenvalue weighted by Crippen LogP contribution is 2.53. The third kappa shape index (κ3) is 4.77. The molecule has 0 bridgehead atoms. The minimum Gasteiger partial charge on any atom is -0.477 e. The van der Waals surface area contributed by atoms with Crippen molar-refractivity contribution in [3.63, 3.8) is 0 Å². The van der Waals surface area contributed by atoms with Crippen molar-refractivity contribution in [2.24, 2.45) is 29.4 Å². The summed E-state index contributed by atoms with van der Waals surface area (Å²) in [5, 5.41) is 16.6. The van der Waals surface area contributed by atoms with E-state index in [1.807, 2.05) is 13.8 Å². The molecule has 5 N–H and O–H groups in total. The van der Waals surface area contributed by atoms with Gasteiger partial charge in [-0.2, -0.15) is 0 Å². The molecular formula is C24H36N4O5S. The van der Waals surface area contributed by atoms with Gasteiger partial charge in [0, 0.05) is 53.6 Å². The number of thioether (sulfide) groups is 1. The molecule has 0 aromatic carbocycles. The average molecular weight is 493 g/mol. The van der Waals surface area contributed by atoms with Gasteiger partial charge in [0.1, 0.15) is 11.5 Å². The highest BCUT2D eigenvalue weighted by molar-refractivity contribution is 8.03. The van der Waals surface area contributed by atoms with Gasteiger partial charge in [-0.15, -0.1) is 11.8 Å². The third-order valence-electron chi connectivity index (χ3n) is 7.86. The van der Waals surface area contributed by atoms with Crippen molar-refractivity contribution in [1.29, 1.82) is 0 Å². The van der Waals surface area contributed by atoms with Gasteiger partial charge >= 0.3 is 5.97 Å². The number of rotatable bonds is 9. The lowest BCUT2D eigenvalue weighted by Crippen LogP contribution is -2.62. The quantitative estimate of drug-likeness (QED) is 0.350. The zero-order valence-electron chi connectivity index (χ0n) is 20.1. The smallest absolute Gasteiger partial charge is 0.353 e. The maximum Gasteiger partial charge on any atom is 0.353 e. The standard InChI is InChI=1S/C24H36N4O5S/c1-11(6-12(2)29)18-19-13(3)21(20(24(32)33)28(19)23(18)31)34-17-8-16(26-10-17)9-27-22(30)14-4-5-15(25)7-14/h11,13-19,26H,4-10,25H2,1-3H3,(H,27,30)(H,32,33)/t11-,13+,14?,15-,16?,17-,18+,19+/m0/s1. The van der Waals surface area contributed by atoms with Gasteiger partial charge in [0.05, 0.1) is 12.0 Å². The number of fused-ring (bicyclic) bond motifs is 1. The van der Waals surface area contributed by atoms with Gasteiger partial charge in [-0.25, -0.2) is 4.79 Å². The number of carboxylic acid groups (broad SMARTS) is 1. The molecule has 188 valence electrons. The Kier molecular flexibility index (Phi) is 7.40. The summed E-state index contributed by atoms with van der Waals surface area (Å²) >= 11 is 1.55. The number of aliphatic carboxylic acids is 1. The molecule has 8 atom stereocenters. The summed E-state index contributed by atoms with van der Waals surface area (Å²) in [6.45, 7) is 6.67. The summed E-state index contributed by atoms with van der Waals surface area (Å²) in [5.74, 6) is -1.66. The van der Waals surface area contributed by atoms with Gasteiger partial charge in [-0.3, -0.25) is 9.59 Å². The Morgan fingerprint density at radius 2 is 2.03 bits per heavy atom. The predicted octanol–water partition coefficient (Wildman–Crippen LogP) is 1.08. The minimum absolute atomic E-state index is 0.00425. The molecule has 3 heterocycles. The summed E-state index contributed by atoms with van der Waals surface area (Å²) in [7, 11) is 0. The highest BCUT2D eigenvalue weighted by Gasteiger charge is 2.60. The number of carbonyl (C=O) groups excluding carboxylic acids is 3. The van der Waals surface area contributed by atoms with Crippen LogP contribution in [0.15, 0.2) is 10.6 Å². The van der Waals surface area contributed by atoms with E-state index in [1.165, 1.54) is 11.8 Å². The first-order valence-electron chi connectivity index (χ1n) is 12.3. The van der Waals surface area contributed by atoms with Crippen molar-refractivity contribution < 1.29 is 24.3 Å². The van der Waals surface area contributed by atoms with E-state index in [1.54, 1.807) is 11.8 Å². The zero-order chi connectivity index (χ0) is 24.7. The Bertz CT molecular complexity index is 908. The molecule has 0 aromatic rings. The molecule has 1 saturated carbocycles. The number of amides is 2. The molecule has 2 saturated heterocycles. The van der Waals surface area contributed by atoms with Crippen LogP contribution in [0.25, 0.3) is 0 Å². The van der Waals surface area contributed by atoms with E-state index in [9.17, 15) is 24.3 Å². The Morgan fingerprint density at radius 1 is 1.29 bits per heavy atom. The summed E-state index contributed by atoms with van der Waals surface area (Å²) in [6.07, 6.45) is 3.61. The van der Waals surface area contributed by atoms with Crippen molar-refractivity contribution in [2.45, 2.75) is 76.3 Å². The number of nitrogens with two attached hydrogens (primary N) is 1. The maximum atomic E-state index is 12.9. The van der Waals surface area contributed by atoms with E-state index in [-0.39, 0.29) is 70.3 Å². The van der Waals surface area contributed by atoms with Crippen LogP contribution in [0.4, 0.5) is 0 Å². The summed E-state index contributed by atoms with van der Waals surface area (Å²) in [5.41, 5.74) is 6.02. The van der Waals surface area contributed by atoms with Crippen molar-refractivity contribution >= 4 is 35.3 Å². The van der Waals surface area contributed by atoms with E-state index < -0.39 is 5.97 Å². The van der Waals surface area contributed by atoms with E-state index in [0.717, 1.165) is 30.6 Å². The lowest BCUT2D eigenvalue weighted by atomic mass is 9.73. The number of nitrogens with zero attached hydrogens (tertiary/aromatic N) is 1. The van der Waals surface area contributed by atoms with Crippen LogP contribution in [0.2, 0.25) is 0 Å². The number of carboxylic acids is 1. The second-order valence-electron chi connectivity index (χ2n) is 10.5. The second kappa shape index (κ2) is 9.99. The molecule has 2 unspecified atom stereocenters. The first kappa shape index (κ1) is 25.2. The molecule has 0 aromatic heterocycles. The first-order valence-corrected chi connectivity index (χ1v) is 13.2. The Labute approximate surface area is 204 Å². The maximum absolute atomic E-state index is 12.9. The largest absolute Gasteiger partial charge is 0.477 e. The van der Waals surface area contributed by atoms with Crippen LogP contribution in [0, 0.1) is 23.7 Å². The van der Waals surface area contributed by atoms with Gasteiger partial charge < -0.3 is 31.2 Å². The lowest BCUT2D eigenvalue weighted by Gasteiger charge is -2.47. The molecule has 0 spiro atoms. The molecule has 4 rings (SSSR count). The van der Waals surface area contributed by atoms with Gasteiger partial charge in [0.2, 0.25) is 11.8 Å². The Balaban J connectivity index is 1.36. The van der Waals surface area contributed by atoms with Crippen LogP contribution >= 0.6 is 11.8 Å². The third-order valence-corrected chi connectivity index (χ3v) is 9.37. The fraction of sp³-hybridized carbons (Fsp3) is 0.750. The van der Waals surface area contributed by atoms with Crippen LogP contribution in [-0.4, -0.2) is 70.0 Å². The number of Topliss-reactive ketones (excluding diaryl/α,β-unsaturated/α-hetero) is 1. The molecule has 0 radical (unpaired) electrons. The van der Waals surface area contributed by atoms with E-state index in [0.29, 0.717) is 19.5 Å². The van der Waals surface area contributed by atoms with Crippen molar-refractivity contribution in [3.8, 4) is 0 Å². The second-order valence-corrected chi connectivity index (χ2v) is 11.9. The lowest BCUT2D eigenvalue weighted by molar-refractivity contribution is -0.160. The Morgan fingerprint density at radius 3 is 2.65 bits per heavy atom. The monoisotopic (exact) mass is 492 g/mol. The molecular weight excluding hydrogens is 456 g/mol. The summed E-state index contributed by atoms with van der Waals surface area (Å²) < 4.78 is 0. The molecule has 4 aliphatic rings. The fourth-order valence-electron chi connectivity index (χ4n) is 6.18. The first-order chi connectivity index (χ1) is 16.1. The van der Waals surface area contributed by atoms with E-state index in [4.69, 9.17) is 5.73 Å². The highest BCUT2D eigenvalue weighted by atomic mass is 32.2. The van der Waals surface area contributed by atoms with Crippen molar-refractivity contribution in [3.05, 3.63) is 10.6 Å². The molecule has 2 amide bonds. The van der Waals surface area contributed by atoms with E-state index >= 15 is 0 Å². The van der Waals surface area contributed by atoms with Crippen LogP contribution in [0.1, 0.15) is 52.9 Å². The minimum atomic E-state index is -1.08. The normalized spacial score (nSPS) is 35.8. The number of nitrogens with one attached hydrogen (secondary N) is 2. The fourth-order valence-corrected chi connectivity index (χ4v) is 7.70. The number of β-lactam (4-membered cyclic amide) rings is 1. The van der Waals surface area contributed by atoms with Crippen LogP contribution < -0.4 is 16.4 Å². The SMILES string of the molecule is CC(=O)C[C@H](C)[C@H]1C(=O)N2C(C(=O)O)=C(S[C@@H]3CNC(CNC(=O)C4CC[C@H](N)C4)C3)[C@H](C)[C@H]12. The Hall–Kier alpha value is -1.91. The molecule has 3 aliphatic heterocycles. The van der Waals surface area contributed by atoms with Gasteiger partial charge in [-0.05, 0) is 38.5 Å². The summed E-state index contributed by atoms with van der Waals surface area (Å²) in [4.78, 5) is 51.2. The molecule has 1 aliphatic carbocycles. The van der Waals surface area contributed by atoms with E-state index in [2.05, 4.69) is 10.6 Å². The predicted molar refractivity (Wildman–Crippen MR) is 129 cm³/mol. The van der Waals surface area contributed by atoms with Gasteiger partial charge in [-0.1, -0.05) is 13.8 Å². The molecule has 9 nitrogen and oxygen atoms in total. The number of hydrogen-bond donors (Lipinski definition) is 4. The molecule has 3 fully saturated rings. The van der Waals surface area contributed by atoms with Crippen LogP contribution in [0.5, 0.6) is 0 Å². The van der Waals surface area contributed by atoms with Gasteiger partial charge in [0.15, 0.2) is 0 Å².